The number of halogens is 3. The Hall–Kier alpha value is -0.420. The van der Waals surface area contributed by atoms with Gasteiger partial charge in [-0.05, 0) is 52.8 Å². The van der Waals surface area contributed by atoms with E-state index in [0.717, 1.165) is 14.8 Å². The molecule has 90 valence electrons. The standard InChI is InChI=1S/C12H10BrClFNS/c1-16-12(10-4-5-11(14)17-10)7-2-3-8(13)9(15)6-7/h2-6,12,16H,1H3. The number of thiophene rings is 1. The molecule has 0 aliphatic carbocycles. The van der Waals surface area contributed by atoms with Gasteiger partial charge < -0.3 is 5.32 Å². The first-order valence-corrected chi connectivity index (χ1v) is 6.98. The first-order chi connectivity index (χ1) is 8.11. The van der Waals surface area contributed by atoms with Crippen LogP contribution in [0.1, 0.15) is 16.5 Å². The molecule has 1 aromatic carbocycles. The fourth-order valence-electron chi connectivity index (χ4n) is 1.65. The van der Waals surface area contributed by atoms with E-state index in [2.05, 4.69) is 21.2 Å². The zero-order valence-corrected chi connectivity index (χ0v) is 12.2. The maximum Gasteiger partial charge on any atom is 0.137 e. The highest BCUT2D eigenvalue weighted by atomic mass is 79.9. The van der Waals surface area contributed by atoms with Crippen molar-refractivity contribution in [2.24, 2.45) is 0 Å². The molecule has 0 radical (unpaired) electrons. The molecule has 2 rings (SSSR count). The van der Waals surface area contributed by atoms with Gasteiger partial charge in [0.2, 0.25) is 0 Å². The van der Waals surface area contributed by atoms with Gasteiger partial charge in [-0.3, -0.25) is 0 Å². The van der Waals surface area contributed by atoms with Crippen molar-refractivity contribution in [3.05, 3.63) is 55.4 Å². The summed E-state index contributed by atoms with van der Waals surface area (Å²) in [6, 6.07) is 8.90. The van der Waals surface area contributed by atoms with Gasteiger partial charge in [-0.1, -0.05) is 17.7 Å². The maximum atomic E-state index is 13.5. The van der Waals surface area contributed by atoms with Crippen LogP contribution in [0.4, 0.5) is 4.39 Å². The largest absolute Gasteiger partial charge is 0.309 e. The minimum absolute atomic E-state index is 0.0323. The maximum absolute atomic E-state index is 13.5. The van der Waals surface area contributed by atoms with Gasteiger partial charge in [-0.15, -0.1) is 11.3 Å². The highest BCUT2D eigenvalue weighted by Crippen LogP contribution is 2.31. The summed E-state index contributed by atoms with van der Waals surface area (Å²) in [5, 5.41) is 3.16. The third kappa shape index (κ3) is 2.88. The fraction of sp³-hybridized carbons (Fsp3) is 0.167. The van der Waals surface area contributed by atoms with Crippen molar-refractivity contribution in [2.75, 3.05) is 7.05 Å². The molecule has 0 saturated heterocycles. The third-order valence-electron chi connectivity index (χ3n) is 2.44. The summed E-state index contributed by atoms with van der Waals surface area (Å²) in [6.45, 7) is 0. The SMILES string of the molecule is CNC(c1ccc(Br)c(F)c1)c1ccc(Cl)s1. The molecule has 1 aromatic heterocycles. The van der Waals surface area contributed by atoms with Crippen molar-refractivity contribution in [1.82, 2.24) is 5.32 Å². The Morgan fingerprint density at radius 3 is 2.65 bits per heavy atom. The van der Waals surface area contributed by atoms with E-state index in [9.17, 15) is 4.39 Å². The van der Waals surface area contributed by atoms with Crippen molar-refractivity contribution >= 4 is 38.9 Å². The van der Waals surface area contributed by atoms with E-state index in [1.165, 1.54) is 17.4 Å². The topological polar surface area (TPSA) is 12.0 Å². The molecule has 0 saturated carbocycles. The number of hydrogen-bond donors (Lipinski definition) is 1. The van der Waals surface area contributed by atoms with Gasteiger partial charge in [0.25, 0.3) is 0 Å². The minimum Gasteiger partial charge on any atom is -0.309 e. The van der Waals surface area contributed by atoms with Crippen LogP contribution in [0.15, 0.2) is 34.8 Å². The zero-order valence-electron chi connectivity index (χ0n) is 9.01. The molecular formula is C12H10BrClFNS. The molecular weight excluding hydrogens is 325 g/mol. The lowest BCUT2D eigenvalue weighted by Crippen LogP contribution is -2.16. The van der Waals surface area contributed by atoms with Crippen molar-refractivity contribution in [2.45, 2.75) is 6.04 Å². The number of rotatable bonds is 3. The Morgan fingerprint density at radius 1 is 1.35 bits per heavy atom. The van der Waals surface area contributed by atoms with Crippen LogP contribution in [0.5, 0.6) is 0 Å². The Morgan fingerprint density at radius 2 is 2.12 bits per heavy atom. The van der Waals surface area contributed by atoms with E-state index in [1.807, 2.05) is 25.2 Å². The van der Waals surface area contributed by atoms with E-state index in [1.54, 1.807) is 6.07 Å². The molecule has 5 heteroatoms. The molecule has 1 heterocycles. The van der Waals surface area contributed by atoms with Crippen LogP contribution >= 0.6 is 38.9 Å². The number of nitrogens with one attached hydrogen (secondary N) is 1. The normalized spacial score (nSPS) is 12.7. The predicted molar refractivity (Wildman–Crippen MR) is 74.3 cm³/mol. The van der Waals surface area contributed by atoms with Gasteiger partial charge in [0.05, 0.1) is 14.9 Å². The lowest BCUT2D eigenvalue weighted by molar-refractivity contribution is 0.611. The summed E-state index contributed by atoms with van der Waals surface area (Å²) in [5.74, 6) is -0.259. The second-order valence-corrected chi connectivity index (χ2v) is 6.14. The van der Waals surface area contributed by atoms with Crippen LogP contribution in [0.25, 0.3) is 0 Å². The summed E-state index contributed by atoms with van der Waals surface area (Å²) >= 11 is 10.6. The van der Waals surface area contributed by atoms with Gasteiger partial charge in [-0.25, -0.2) is 4.39 Å². The first-order valence-electron chi connectivity index (χ1n) is 4.99. The molecule has 0 spiro atoms. The van der Waals surface area contributed by atoms with Gasteiger partial charge in [0.1, 0.15) is 5.82 Å². The molecule has 0 bridgehead atoms. The summed E-state index contributed by atoms with van der Waals surface area (Å²) in [4.78, 5) is 1.07. The van der Waals surface area contributed by atoms with E-state index < -0.39 is 0 Å². The van der Waals surface area contributed by atoms with Crippen LogP contribution in [-0.2, 0) is 0 Å². The summed E-state index contributed by atoms with van der Waals surface area (Å²) in [6.07, 6.45) is 0. The summed E-state index contributed by atoms with van der Waals surface area (Å²) < 4.78 is 14.7. The molecule has 17 heavy (non-hydrogen) atoms. The third-order valence-corrected chi connectivity index (χ3v) is 4.38. The molecule has 2 aromatic rings. The van der Waals surface area contributed by atoms with E-state index in [-0.39, 0.29) is 11.9 Å². The van der Waals surface area contributed by atoms with E-state index >= 15 is 0 Å². The van der Waals surface area contributed by atoms with Gasteiger partial charge in [-0.2, -0.15) is 0 Å². The zero-order chi connectivity index (χ0) is 12.4. The smallest absolute Gasteiger partial charge is 0.137 e. The Balaban J connectivity index is 2.38. The average Bonchev–Trinajstić information content (AvgIpc) is 2.71. The molecule has 0 amide bonds. The Bertz CT molecular complexity index is 529. The van der Waals surface area contributed by atoms with Crippen molar-refractivity contribution in [1.29, 1.82) is 0 Å². The highest BCUT2D eigenvalue weighted by molar-refractivity contribution is 9.10. The highest BCUT2D eigenvalue weighted by Gasteiger charge is 2.15. The van der Waals surface area contributed by atoms with Crippen LogP contribution in [0, 0.1) is 5.82 Å². The van der Waals surface area contributed by atoms with Gasteiger partial charge >= 0.3 is 0 Å². The molecule has 1 N–H and O–H groups in total. The van der Waals surface area contributed by atoms with Crippen molar-refractivity contribution in [3.8, 4) is 0 Å². The van der Waals surface area contributed by atoms with Gasteiger partial charge in [0.15, 0.2) is 0 Å². The minimum atomic E-state index is -0.259. The molecule has 1 nitrogen and oxygen atoms in total. The van der Waals surface area contributed by atoms with Crippen molar-refractivity contribution in [3.63, 3.8) is 0 Å². The van der Waals surface area contributed by atoms with Crippen LogP contribution in [0.3, 0.4) is 0 Å². The number of benzene rings is 1. The quantitative estimate of drug-likeness (QED) is 0.864. The molecule has 0 fully saturated rings. The fourth-order valence-corrected chi connectivity index (χ4v) is 3.09. The lowest BCUT2D eigenvalue weighted by atomic mass is 10.1. The van der Waals surface area contributed by atoms with Crippen molar-refractivity contribution < 1.29 is 4.39 Å². The Kier molecular flexibility index (Phi) is 4.20. The second-order valence-electron chi connectivity index (χ2n) is 3.54. The van der Waals surface area contributed by atoms with Crippen LogP contribution in [-0.4, -0.2) is 7.05 Å². The van der Waals surface area contributed by atoms with Crippen LogP contribution < -0.4 is 5.32 Å². The summed E-state index contributed by atoms with van der Waals surface area (Å²) in [5.41, 5.74) is 0.881. The lowest BCUT2D eigenvalue weighted by Gasteiger charge is -2.15. The molecule has 1 atom stereocenters. The van der Waals surface area contributed by atoms with Gasteiger partial charge in [0, 0.05) is 4.88 Å². The molecule has 1 unspecified atom stereocenters. The first kappa shape index (κ1) is 13.0. The van der Waals surface area contributed by atoms with E-state index in [4.69, 9.17) is 11.6 Å². The Labute approximate surface area is 117 Å². The van der Waals surface area contributed by atoms with Crippen LogP contribution in [0.2, 0.25) is 4.34 Å². The second kappa shape index (κ2) is 5.48. The predicted octanol–water partition coefficient (Wildman–Crippen LogP) is 4.61. The monoisotopic (exact) mass is 333 g/mol. The molecule has 0 aliphatic rings. The van der Waals surface area contributed by atoms with E-state index in [0.29, 0.717) is 4.47 Å². The average molecular weight is 335 g/mol. The molecule has 0 aliphatic heterocycles. The number of hydrogen-bond acceptors (Lipinski definition) is 2. The summed E-state index contributed by atoms with van der Waals surface area (Å²) in [7, 11) is 1.85.